The summed E-state index contributed by atoms with van der Waals surface area (Å²) in [5, 5.41) is -0.0707. The van der Waals surface area contributed by atoms with Crippen molar-refractivity contribution >= 4 is 23.0 Å². The number of rotatable bonds is 2. The first-order valence-corrected chi connectivity index (χ1v) is 5.12. The molecule has 0 spiro atoms. The molecule has 4 heteroatoms. The summed E-state index contributed by atoms with van der Waals surface area (Å²) in [7, 11) is 0. The second-order valence-electron chi connectivity index (χ2n) is 2.99. The minimum atomic E-state index is -0.0707. The van der Waals surface area contributed by atoms with E-state index in [1.165, 1.54) is 4.31 Å². The molecule has 1 aromatic carbocycles. The summed E-state index contributed by atoms with van der Waals surface area (Å²) < 4.78 is 1.50. The summed E-state index contributed by atoms with van der Waals surface area (Å²) in [5.74, 6) is 0.0410. The Morgan fingerprint density at radius 2 is 2.00 bits per heavy atom. The maximum absolute atomic E-state index is 11.6. The fraction of sp³-hybridized carbons (Fsp3) is 0.200. The Kier molecular flexibility index (Phi) is 2.54. The molecule has 72 valence electrons. The van der Waals surface area contributed by atoms with Gasteiger partial charge in [-0.05, 0) is 0 Å². The van der Waals surface area contributed by atoms with Crippen molar-refractivity contribution in [2.75, 3.05) is 6.54 Å². The van der Waals surface area contributed by atoms with Gasteiger partial charge in [0.25, 0.3) is 0 Å². The topological polar surface area (TPSA) is 37.4 Å². The number of β-lactam (4-membered cyclic amide) rings is 1. The van der Waals surface area contributed by atoms with Gasteiger partial charge in [-0.25, -0.2) is 0 Å². The van der Waals surface area contributed by atoms with Crippen molar-refractivity contribution in [2.45, 2.75) is 6.42 Å². The van der Waals surface area contributed by atoms with Crippen molar-refractivity contribution in [3.8, 4) is 0 Å². The van der Waals surface area contributed by atoms with Crippen LogP contribution in [0, 0.1) is 0 Å². The van der Waals surface area contributed by atoms with Crippen molar-refractivity contribution in [1.29, 1.82) is 0 Å². The van der Waals surface area contributed by atoms with Gasteiger partial charge in [-0.15, -0.1) is 0 Å². The van der Waals surface area contributed by atoms with Crippen LogP contribution in [0.1, 0.15) is 16.8 Å². The van der Waals surface area contributed by atoms with E-state index in [2.05, 4.69) is 0 Å². The van der Waals surface area contributed by atoms with Crippen LogP contribution in [0.25, 0.3) is 0 Å². The Bertz CT molecular complexity index is 364. The highest BCUT2D eigenvalue weighted by Gasteiger charge is 2.27. The first-order chi connectivity index (χ1) is 6.77. The first kappa shape index (κ1) is 9.27. The van der Waals surface area contributed by atoms with E-state index >= 15 is 0 Å². The minimum Gasteiger partial charge on any atom is -0.280 e. The van der Waals surface area contributed by atoms with Gasteiger partial charge in [0.15, 0.2) is 0 Å². The smallest absolute Gasteiger partial charge is 0.239 e. The largest absolute Gasteiger partial charge is 0.280 e. The fourth-order valence-electron chi connectivity index (χ4n) is 1.12. The summed E-state index contributed by atoms with van der Waals surface area (Å²) >= 11 is 0.992. The monoisotopic (exact) mass is 207 g/mol. The van der Waals surface area contributed by atoms with E-state index in [0.29, 0.717) is 18.5 Å². The summed E-state index contributed by atoms with van der Waals surface area (Å²) in [6.45, 7) is 0.683. The third-order valence-electron chi connectivity index (χ3n) is 2.01. The van der Waals surface area contributed by atoms with Crippen LogP contribution < -0.4 is 0 Å². The molecule has 1 amide bonds. The Labute approximate surface area is 86.2 Å². The predicted molar refractivity (Wildman–Crippen MR) is 54.7 cm³/mol. The highest BCUT2D eigenvalue weighted by Crippen LogP contribution is 2.23. The zero-order valence-corrected chi connectivity index (χ0v) is 8.29. The number of nitrogens with zero attached hydrogens (tertiary/aromatic N) is 1. The zero-order valence-electron chi connectivity index (χ0n) is 7.47. The number of carbonyl (C=O) groups excluding carboxylic acids is 2. The molecule has 2 rings (SSSR count). The third kappa shape index (κ3) is 1.80. The minimum absolute atomic E-state index is 0.0410. The number of carbonyl (C=O) groups is 2. The maximum atomic E-state index is 11.6. The molecule has 1 saturated heterocycles. The van der Waals surface area contributed by atoms with E-state index in [4.69, 9.17) is 0 Å². The average molecular weight is 207 g/mol. The van der Waals surface area contributed by atoms with Crippen molar-refractivity contribution in [1.82, 2.24) is 4.31 Å². The van der Waals surface area contributed by atoms with Crippen molar-refractivity contribution in [2.24, 2.45) is 0 Å². The lowest BCUT2D eigenvalue weighted by atomic mass is 10.2. The van der Waals surface area contributed by atoms with Gasteiger partial charge < -0.3 is 0 Å². The summed E-state index contributed by atoms with van der Waals surface area (Å²) in [4.78, 5) is 22.5. The van der Waals surface area contributed by atoms with Crippen LogP contribution in [0.3, 0.4) is 0 Å². The van der Waals surface area contributed by atoms with E-state index in [-0.39, 0.29) is 11.0 Å². The van der Waals surface area contributed by atoms with Crippen molar-refractivity contribution < 1.29 is 9.59 Å². The van der Waals surface area contributed by atoms with E-state index < -0.39 is 0 Å². The third-order valence-corrected chi connectivity index (χ3v) is 3.02. The van der Waals surface area contributed by atoms with Crippen molar-refractivity contribution in [3.63, 3.8) is 0 Å². The SMILES string of the molecule is O=C(SN1CCC1=O)c1ccccc1. The van der Waals surface area contributed by atoms with Crippen LogP contribution in [0.4, 0.5) is 0 Å². The molecule has 0 N–H and O–H groups in total. The molecule has 0 saturated carbocycles. The van der Waals surface area contributed by atoms with Crippen LogP contribution in [0.15, 0.2) is 30.3 Å². The second-order valence-corrected chi connectivity index (χ2v) is 3.98. The quantitative estimate of drug-likeness (QED) is 0.547. The summed E-state index contributed by atoms with van der Waals surface area (Å²) in [6, 6.07) is 8.98. The van der Waals surface area contributed by atoms with E-state index in [9.17, 15) is 9.59 Å². The normalized spacial score (nSPS) is 15.1. The zero-order chi connectivity index (χ0) is 9.97. The van der Waals surface area contributed by atoms with E-state index in [1.54, 1.807) is 12.1 Å². The van der Waals surface area contributed by atoms with Crippen molar-refractivity contribution in [3.05, 3.63) is 35.9 Å². The van der Waals surface area contributed by atoms with Gasteiger partial charge >= 0.3 is 0 Å². The number of hydrogen-bond donors (Lipinski definition) is 0. The van der Waals surface area contributed by atoms with Crippen LogP contribution in [-0.4, -0.2) is 21.9 Å². The highest BCUT2D eigenvalue weighted by molar-refractivity contribution is 8.12. The number of hydrogen-bond acceptors (Lipinski definition) is 3. The summed E-state index contributed by atoms with van der Waals surface area (Å²) in [6.07, 6.45) is 0.565. The van der Waals surface area contributed by atoms with Crippen LogP contribution in [-0.2, 0) is 4.79 Å². The molecule has 14 heavy (non-hydrogen) atoms. The molecule has 1 aliphatic rings. The predicted octanol–water partition coefficient (Wildman–Crippen LogP) is 1.71. The lowest BCUT2D eigenvalue weighted by Crippen LogP contribution is -2.38. The lowest BCUT2D eigenvalue weighted by Gasteiger charge is -2.27. The molecule has 0 bridgehead atoms. The standard InChI is InChI=1S/C10H9NO2S/c12-9-6-7-11(9)14-10(13)8-4-2-1-3-5-8/h1-5H,6-7H2. The first-order valence-electron chi connectivity index (χ1n) is 4.35. The molecule has 1 fully saturated rings. The van der Waals surface area contributed by atoms with Crippen LogP contribution in [0.5, 0.6) is 0 Å². The molecule has 0 aromatic heterocycles. The molecule has 0 radical (unpaired) electrons. The van der Waals surface area contributed by atoms with E-state index in [1.807, 2.05) is 18.2 Å². The number of amides is 1. The van der Waals surface area contributed by atoms with Crippen LogP contribution in [0.2, 0.25) is 0 Å². The van der Waals surface area contributed by atoms with E-state index in [0.717, 1.165) is 11.9 Å². The number of benzene rings is 1. The molecule has 0 aliphatic carbocycles. The Balaban J connectivity index is 1.99. The van der Waals surface area contributed by atoms with Gasteiger partial charge in [-0.3, -0.25) is 13.9 Å². The van der Waals surface area contributed by atoms with Gasteiger partial charge in [0.2, 0.25) is 11.0 Å². The van der Waals surface area contributed by atoms with Gasteiger partial charge in [0, 0.05) is 30.5 Å². The summed E-state index contributed by atoms with van der Waals surface area (Å²) in [5.41, 5.74) is 0.636. The Morgan fingerprint density at radius 3 is 2.50 bits per heavy atom. The average Bonchev–Trinajstić information content (AvgIpc) is 2.24. The molecule has 3 nitrogen and oxygen atoms in total. The maximum Gasteiger partial charge on any atom is 0.239 e. The van der Waals surface area contributed by atoms with Gasteiger partial charge in [0.1, 0.15) is 0 Å². The fourth-order valence-corrected chi connectivity index (χ4v) is 1.94. The Morgan fingerprint density at radius 1 is 1.29 bits per heavy atom. The molecular formula is C10H9NO2S. The lowest BCUT2D eigenvalue weighted by molar-refractivity contribution is -0.132. The highest BCUT2D eigenvalue weighted by atomic mass is 32.2. The molecule has 1 heterocycles. The second kappa shape index (κ2) is 3.84. The molecule has 0 atom stereocenters. The molecule has 0 unspecified atom stereocenters. The molecule has 1 aliphatic heterocycles. The molecular weight excluding hydrogens is 198 g/mol. The van der Waals surface area contributed by atoms with Crippen LogP contribution >= 0.6 is 11.9 Å². The van der Waals surface area contributed by atoms with Gasteiger partial charge in [0.05, 0.1) is 0 Å². The van der Waals surface area contributed by atoms with Gasteiger partial charge in [-0.1, -0.05) is 30.3 Å². The Hall–Kier alpha value is -1.29. The molecule has 1 aromatic rings. The van der Waals surface area contributed by atoms with Gasteiger partial charge in [-0.2, -0.15) is 0 Å².